The van der Waals surface area contributed by atoms with Gasteiger partial charge >= 0.3 is 6.03 Å². The van der Waals surface area contributed by atoms with Crippen LogP contribution in [-0.4, -0.2) is 18.1 Å². The Kier molecular flexibility index (Phi) is 6.31. The summed E-state index contributed by atoms with van der Waals surface area (Å²) in [5, 5.41) is 5.95. The molecule has 4 rings (SSSR count). The van der Waals surface area contributed by atoms with Crippen LogP contribution in [0.4, 0.5) is 9.18 Å². The molecule has 1 saturated carbocycles. The molecule has 0 bridgehead atoms. The van der Waals surface area contributed by atoms with Crippen molar-refractivity contribution in [1.29, 1.82) is 0 Å². The van der Waals surface area contributed by atoms with E-state index < -0.39 is 5.82 Å². The second-order valence-corrected chi connectivity index (χ2v) is 7.44. The Hall–Kier alpha value is -3.61. The first-order valence-corrected chi connectivity index (χ1v) is 10.2. The van der Waals surface area contributed by atoms with E-state index in [9.17, 15) is 9.18 Å². The van der Waals surface area contributed by atoms with E-state index in [-0.39, 0.29) is 18.6 Å². The van der Waals surface area contributed by atoms with Gasteiger partial charge in [0.1, 0.15) is 17.3 Å². The lowest BCUT2D eigenvalue weighted by Gasteiger charge is -2.20. The number of methoxy groups -OCH3 is 1. The zero-order chi connectivity index (χ0) is 21.6. The first-order chi connectivity index (χ1) is 15.1. The summed E-state index contributed by atoms with van der Waals surface area (Å²) in [7, 11) is 1.63. The second-order valence-electron chi connectivity index (χ2n) is 7.44. The minimum atomic E-state index is -0.392. The van der Waals surface area contributed by atoms with Crippen molar-refractivity contribution in [2.45, 2.75) is 25.4 Å². The zero-order valence-corrected chi connectivity index (χ0v) is 17.2. The quantitative estimate of drug-likeness (QED) is 0.539. The fraction of sp³-hybridized carbons (Fsp3) is 0.250. The van der Waals surface area contributed by atoms with Crippen molar-refractivity contribution in [3.63, 3.8) is 0 Å². The molecule has 0 radical (unpaired) electrons. The Morgan fingerprint density at radius 3 is 2.65 bits per heavy atom. The molecule has 1 heterocycles. The van der Waals surface area contributed by atoms with Gasteiger partial charge in [0.05, 0.1) is 13.2 Å². The Bertz CT molecular complexity index is 1040. The van der Waals surface area contributed by atoms with E-state index in [0.29, 0.717) is 23.1 Å². The number of carbonyl (C=O) groups is 1. The van der Waals surface area contributed by atoms with Gasteiger partial charge in [0.25, 0.3) is 0 Å². The summed E-state index contributed by atoms with van der Waals surface area (Å²) in [4.78, 5) is 16.8. The summed E-state index contributed by atoms with van der Waals surface area (Å²) in [6, 6.07) is 16.9. The van der Waals surface area contributed by atoms with Crippen LogP contribution in [0.1, 0.15) is 30.0 Å². The number of amides is 2. The van der Waals surface area contributed by atoms with Gasteiger partial charge in [-0.3, -0.25) is 0 Å². The van der Waals surface area contributed by atoms with Gasteiger partial charge in [0.2, 0.25) is 5.88 Å². The van der Waals surface area contributed by atoms with E-state index in [0.717, 1.165) is 24.2 Å². The van der Waals surface area contributed by atoms with Gasteiger partial charge in [-0.05, 0) is 54.7 Å². The first kappa shape index (κ1) is 20.7. The monoisotopic (exact) mass is 421 g/mol. The lowest BCUT2D eigenvalue weighted by atomic mass is 10.0. The fourth-order valence-electron chi connectivity index (χ4n) is 3.37. The van der Waals surface area contributed by atoms with Crippen LogP contribution in [-0.2, 0) is 6.54 Å². The van der Waals surface area contributed by atoms with Crippen molar-refractivity contribution >= 4 is 6.03 Å². The number of rotatable bonds is 8. The normalized spacial score (nSPS) is 13.9. The summed E-state index contributed by atoms with van der Waals surface area (Å²) in [5.41, 5.74) is 1.74. The van der Waals surface area contributed by atoms with Crippen molar-refractivity contribution in [2.24, 2.45) is 5.92 Å². The zero-order valence-electron chi connectivity index (χ0n) is 17.2. The highest BCUT2D eigenvalue weighted by molar-refractivity contribution is 5.74. The molecule has 1 aliphatic carbocycles. The predicted octanol–water partition coefficient (Wildman–Crippen LogP) is 4.97. The third-order valence-electron chi connectivity index (χ3n) is 5.15. The average molecular weight is 421 g/mol. The molecule has 6 nitrogen and oxygen atoms in total. The number of nitrogens with one attached hydrogen (secondary N) is 2. The summed E-state index contributed by atoms with van der Waals surface area (Å²) in [5.74, 6) is 1.49. The molecule has 1 unspecified atom stereocenters. The number of pyridine rings is 1. The number of nitrogens with zero attached hydrogens (tertiary/aromatic N) is 1. The summed E-state index contributed by atoms with van der Waals surface area (Å²) >= 11 is 0. The fourth-order valence-corrected chi connectivity index (χ4v) is 3.37. The van der Waals surface area contributed by atoms with E-state index >= 15 is 0 Å². The Morgan fingerprint density at radius 2 is 1.94 bits per heavy atom. The van der Waals surface area contributed by atoms with Crippen molar-refractivity contribution in [3.8, 4) is 17.4 Å². The number of aromatic nitrogens is 1. The molecule has 2 aromatic carbocycles. The SMILES string of the molecule is COc1ccc(C(NC(=O)NCc2cccnc2Oc2cccc(F)c2)C2CC2)cc1. The number of carbonyl (C=O) groups excluding carboxylic acids is 1. The van der Waals surface area contributed by atoms with Gasteiger partial charge < -0.3 is 20.1 Å². The van der Waals surface area contributed by atoms with Crippen molar-refractivity contribution < 1.29 is 18.7 Å². The van der Waals surface area contributed by atoms with E-state index in [2.05, 4.69) is 15.6 Å². The molecule has 1 fully saturated rings. The number of halogens is 1. The van der Waals surface area contributed by atoms with E-state index in [1.165, 1.54) is 12.1 Å². The van der Waals surface area contributed by atoms with Crippen LogP contribution in [0.15, 0.2) is 66.9 Å². The smallest absolute Gasteiger partial charge is 0.315 e. The number of ether oxygens (including phenoxy) is 2. The van der Waals surface area contributed by atoms with Gasteiger partial charge in [-0.1, -0.05) is 24.3 Å². The average Bonchev–Trinajstić information content (AvgIpc) is 3.62. The van der Waals surface area contributed by atoms with Crippen LogP contribution in [0, 0.1) is 11.7 Å². The molecular weight excluding hydrogens is 397 g/mol. The van der Waals surface area contributed by atoms with Crippen molar-refractivity contribution in [2.75, 3.05) is 7.11 Å². The van der Waals surface area contributed by atoms with Crippen LogP contribution < -0.4 is 20.1 Å². The summed E-state index contributed by atoms with van der Waals surface area (Å²) in [6.07, 6.45) is 3.77. The van der Waals surface area contributed by atoms with E-state index in [1.54, 1.807) is 31.5 Å². The van der Waals surface area contributed by atoms with Gasteiger partial charge in [0.15, 0.2) is 0 Å². The highest BCUT2D eigenvalue weighted by Crippen LogP contribution is 2.41. The lowest BCUT2D eigenvalue weighted by Crippen LogP contribution is -2.38. The minimum Gasteiger partial charge on any atom is -0.497 e. The molecule has 0 saturated heterocycles. The molecule has 1 atom stereocenters. The highest BCUT2D eigenvalue weighted by atomic mass is 19.1. The molecule has 0 spiro atoms. The van der Waals surface area contributed by atoms with E-state index in [4.69, 9.17) is 9.47 Å². The maximum atomic E-state index is 13.4. The first-order valence-electron chi connectivity index (χ1n) is 10.2. The number of urea groups is 1. The minimum absolute atomic E-state index is 0.0529. The number of benzene rings is 2. The predicted molar refractivity (Wildman–Crippen MR) is 115 cm³/mol. The topological polar surface area (TPSA) is 72.5 Å². The van der Waals surface area contributed by atoms with Gasteiger partial charge in [0, 0.05) is 24.4 Å². The molecule has 3 aromatic rings. The van der Waals surface area contributed by atoms with Crippen LogP contribution >= 0.6 is 0 Å². The molecule has 2 N–H and O–H groups in total. The van der Waals surface area contributed by atoms with Crippen LogP contribution in [0.25, 0.3) is 0 Å². The third-order valence-corrected chi connectivity index (χ3v) is 5.15. The number of hydrogen-bond acceptors (Lipinski definition) is 4. The number of hydrogen-bond donors (Lipinski definition) is 2. The van der Waals surface area contributed by atoms with Gasteiger partial charge in [-0.2, -0.15) is 0 Å². The van der Waals surface area contributed by atoms with Crippen molar-refractivity contribution in [1.82, 2.24) is 15.6 Å². The molecule has 0 aliphatic heterocycles. The molecule has 1 aliphatic rings. The Labute approximate surface area is 180 Å². The lowest BCUT2D eigenvalue weighted by molar-refractivity contribution is 0.235. The Balaban J connectivity index is 1.39. The van der Waals surface area contributed by atoms with Gasteiger partial charge in [-0.15, -0.1) is 0 Å². The largest absolute Gasteiger partial charge is 0.497 e. The summed E-state index contributed by atoms with van der Waals surface area (Å²) in [6.45, 7) is 0.227. The van der Waals surface area contributed by atoms with Gasteiger partial charge in [-0.25, -0.2) is 14.2 Å². The standard InChI is InChI=1S/C24H24FN3O3/c1-30-20-11-9-17(10-12-20)22(16-7-8-16)28-24(29)27-15-18-4-3-13-26-23(18)31-21-6-2-5-19(25)14-21/h2-6,9-14,16,22H,7-8,15H2,1H3,(H2,27,28,29). The Morgan fingerprint density at radius 1 is 1.13 bits per heavy atom. The summed E-state index contributed by atoms with van der Waals surface area (Å²) < 4.78 is 24.3. The molecule has 7 heteroatoms. The molecule has 2 amide bonds. The molecule has 31 heavy (non-hydrogen) atoms. The molecule has 1 aromatic heterocycles. The molecular formula is C24H24FN3O3. The second kappa shape index (κ2) is 9.47. The van der Waals surface area contributed by atoms with Crippen LogP contribution in [0.3, 0.4) is 0 Å². The van der Waals surface area contributed by atoms with Crippen molar-refractivity contribution in [3.05, 3.63) is 83.8 Å². The highest BCUT2D eigenvalue weighted by Gasteiger charge is 2.33. The third kappa shape index (κ3) is 5.51. The van der Waals surface area contributed by atoms with E-state index in [1.807, 2.05) is 30.3 Å². The maximum absolute atomic E-state index is 13.4. The van der Waals surface area contributed by atoms with Crippen LogP contribution in [0.2, 0.25) is 0 Å². The maximum Gasteiger partial charge on any atom is 0.315 e. The van der Waals surface area contributed by atoms with Crippen LogP contribution in [0.5, 0.6) is 17.4 Å². The molecule has 160 valence electrons.